The first-order chi connectivity index (χ1) is 8.75. The number of hydrogen-bond acceptors (Lipinski definition) is 2. The maximum atomic E-state index is 12.0. The summed E-state index contributed by atoms with van der Waals surface area (Å²) < 4.78 is 0. The number of nitrogen functional groups attached to an aromatic ring is 1. The van der Waals surface area contributed by atoms with Crippen LogP contribution in [0, 0.1) is 0 Å². The zero-order valence-corrected chi connectivity index (χ0v) is 10.8. The average Bonchev–Trinajstić information content (AvgIpc) is 2.61. The minimum atomic E-state index is 0.0970. The van der Waals surface area contributed by atoms with Crippen LogP contribution in [0.3, 0.4) is 0 Å². The quantitative estimate of drug-likeness (QED) is 0.636. The first-order valence-electron chi connectivity index (χ1n) is 6.88. The van der Waals surface area contributed by atoms with E-state index in [9.17, 15) is 4.79 Å². The summed E-state index contributed by atoms with van der Waals surface area (Å²) in [7, 11) is 0. The maximum Gasteiger partial charge on any atom is 0.224 e. The molecule has 0 atom stereocenters. The molecule has 0 aromatic heterocycles. The van der Waals surface area contributed by atoms with E-state index in [-0.39, 0.29) is 5.91 Å². The normalized spacial score (nSPS) is 17.1. The van der Waals surface area contributed by atoms with Crippen LogP contribution in [0.4, 0.5) is 5.69 Å². The van der Waals surface area contributed by atoms with E-state index in [0.29, 0.717) is 18.2 Å². The molecule has 3 N–H and O–H groups in total. The van der Waals surface area contributed by atoms with E-state index in [0.717, 1.165) is 18.4 Å². The number of carbonyl (C=O) groups excluding carboxylic acids is 1. The number of benzene rings is 1. The third kappa shape index (κ3) is 3.76. The van der Waals surface area contributed by atoms with Gasteiger partial charge in [-0.1, -0.05) is 43.9 Å². The Hall–Kier alpha value is -1.51. The van der Waals surface area contributed by atoms with Crippen molar-refractivity contribution in [1.29, 1.82) is 0 Å². The second-order valence-electron chi connectivity index (χ2n) is 5.13. The van der Waals surface area contributed by atoms with Gasteiger partial charge in [-0.3, -0.25) is 4.79 Å². The topological polar surface area (TPSA) is 55.1 Å². The largest absolute Gasteiger partial charge is 0.398 e. The molecule has 98 valence electrons. The van der Waals surface area contributed by atoms with Crippen molar-refractivity contribution in [3.05, 3.63) is 29.8 Å². The van der Waals surface area contributed by atoms with Gasteiger partial charge in [0.2, 0.25) is 5.91 Å². The van der Waals surface area contributed by atoms with Crippen LogP contribution in [0.5, 0.6) is 0 Å². The van der Waals surface area contributed by atoms with Crippen LogP contribution in [-0.2, 0) is 11.2 Å². The second kappa shape index (κ2) is 6.43. The van der Waals surface area contributed by atoms with Crippen molar-refractivity contribution in [3.8, 4) is 0 Å². The molecule has 1 saturated carbocycles. The fourth-order valence-corrected chi connectivity index (χ4v) is 2.57. The van der Waals surface area contributed by atoms with Gasteiger partial charge in [0.25, 0.3) is 0 Å². The van der Waals surface area contributed by atoms with E-state index in [4.69, 9.17) is 5.73 Å². The van der Waals surface area contributed by atoms with Crippen molar-refractivity contribution in [2.45, 2.75) is 51.0 Å². The molecular formula is C15H22N2O. The van der Waals surface area contributed by atoms with Crippen molar-refractivity contribution in [2.75, 3.05) is 5.73 Å². The highest BCUT2D eigenvalue weighted by atomic mass is 16.1. The van der Waals surface area contributed by atoms with E-state index in [1.807, 2.05) is 24.3 Å². The molecule has 0 heterocycles. The highest BCUT2D eigenvalue weighted by molar-refractivity contribution is 5.80. The summed E-state index contributed by atoms with van der Waals surface area (Å²) in [4.78, 5) is 12.0. The van der Waals surface area contributed by atoms with Gasteiger partial charge >= 0.3 is 0 Å². The third-order valence-corrected chi connectivity index (χ3v) is 3.63. The number of amides is 1. The van der Waals surface area contributed by atoms with Crippen molar-refractivity contribution >= 4 is 11.6 Å². The first-order valence-corrected chi connectivity index (χ1v) is 6.88. The SMILES string of the molecule is Nc1ccccc1CC(=O)NC1CCCCCC1. The Bertz CT molecular complexity index is 395. The summed E-state index contributed by atoms with van der Waals surface area (Å²) in [5.41, 5.74) is 7.47. The van der Waals surface area contributed by atoms with Gasteiger partial charge in [-0.05, 0) is 24.5 Å². The number of nitrogens with one attached hydrogen (secondary N) is 1. The minimum absolute atomic E-state index is 0.0970. The van der Waals surface area contributed by atoms with Crippen LogP contribution in [0.25, 0.3) is 0 Å². The Morgan fingerprint density at radius 1 is 1.17 bits per heavy atom. The molecule has 0 aliphatic heterocycles. The molecule has 1 fully saturated rings. The molecule has 3 heteroatoms. The summed E-state index contributed by atoms with van der Waals surface area (Å²) >= 11 is 0. The molecule has 0 bridgehead atoms. The lowest BCUT2D eigenvalue weighted by molar-refractivity contribution is -0.121. The molecule has 1 amide bonds. The van der Waals surface area contributed by atoms with Gasteiger partial charge in [0.15, 0.2) is 0 Å². The molecule has 1 aromatic carbocycles. The predicted molar refractivity (Wildman–Crippen MR) is 74.2 cm³/mol. The van der Waals surface area contributed by atoms with E-state index in [2.05, 4.69) is 5.32 Å². The van der Waals surface area contributed by atoms with Crippen LogP contribution in [0.15, 0.2) is 24.3 Å². The third-order valence-electron chi connectivity index (χ3n) is 3.63. The van der Waals surface area contributed by atoms with Crippen molar-refractivity contribution in [2.24, 2.45) is 0 Å². The zero-order valence-electron chi connectivity index (χ0n) is 10.8. The van der Waals surface area contributed by atoms with Crippen LogP contribution in [0.2, 0.25) is 0 Å². The Morgan fingerprint density at radius 2 is 1.83 bits per heavy atom. The Labute approximate surface area is 109 Å². The Balaban J connectivity index is 1.86. The Morgan fingerprint density at radius 3 is 2.50 bits per heavy atom. The van der Waals surface area contributed by atoms with Crippen molar-refractivity contribution in [1.82, 2.24) is 5.32 Å². The molecule has 0 radical (unpaired) electrons. The van der Waals surface area contributed by atoms with Crippen LogP contribution < -0.4 is 11.1 Å². The number of nitrogens with two attached hydrogens (primary N) is 1. The molecule has 0 unspecified atom stereocenters. The van der Waals surface area contributed by atoms with Gasteiger partial charge in [0.1, 0.15) is 0 Å². The fourth-order valence-electron chi connectivity index (χ4n) is 2.57. The molecule has 1 aliphatic rings. The molecule has 1 aliphatic carbocycles. The summed E-state index contributed by atoms with van der Waals surface area (Å²) in [6.45, 7) is 0. The molecule has 0 spiro atoms. The van der Waals surface area contributed by atoms with Crippen molar-refractivity contribution in [3.63, 3.8) is 0 Å². The van der Waals surface area contributed by atoms with Crippen molar-refractivity contribution < 1.29 is 4.79 Å². The van der Waals surface area contributed by atoms with Crippen LogP contribution in [-0.4, -0.2) is 11.9 Å². The van der Waals surface area contributed by atoms with E-state index < -0.39 is 0 Å². The van der Waals surface area contributed by atoms with E-state index >= 15 is 0 Å². The number of rotatable bonds is 3. The lowest BCUT2D eigenvalue weighted by atomic mass is 10.1. The number of carbonyl (C=O) groups is 1. The van der Waals surface area contributed by atoms with Gasteiger partial charge in [-0.15, -0.1) is 0 Å². The molecular weight excluding hydrogens is 224 g/mol. The lowest BCUT2D eigenvalue weighted by Crippen LogP contribution is -2.35. The summed E-state index contributed by atoms with van der Waals surface area (Å²) in [5, 5.41) is 3.14. The number of para-hydroxylation sites is 1. The highest BCUT2D eigenvalue weighted by Gasteiger charge is 2.15. The van der Waals surface area contributed by atoms with Crippen LogP contribution >= 0.6 is 0 Å². The van der Waals surface area contributed by atoms with Gasteiger partial charge < -0.3 is 11.1 Å². The summed E-state index contributed by atoms with van der Waals surface area (Å²) in [6.07, 6.45) is 7.71. The van der Waals surface area contributed by atoms with Gasteiger partial charge in [0, 0.05) is 11.7 Å². The summed E-state index contributed by atoms with van der Waals surface area (Å²) in [5.74, 6) is 0.0970. The smallest absolute Gasteiger partial charge is 0.224 e. The lowest BCUT2D eigenvalue weighted by Gasteiger charge is -2.16. The molecule has 2 rings (SSSR count). The number of anilines is 1. The van der Waals surface area contributed by atoms with E-state index in [1.54, 1.807) is 0 Å². The molecule has 18 heavy (non-hydrogen) atoms. The van der Waals surface area contributed by atoms with Gasteiger partial charge in [0.05, 0.1) is 6.42 Å². The molecule has 0 saturated heterocycles. The number of hydrogen-bond donors (Lipinski definition) is 2. The Kier molecular flexibility index (Phi) is 4.62. The fraction of sp³-hybridized carbons (Fsp3) is 0.533. The first kappa shape index (κ1) is 12.9. The maximum absolute atomic E-state index is 12.0. The standard InChI is InChI=1S/C15H22N2O/c16-14-10-6-5-7-12(14)11-15(18)17-13-8-3-1-2-4-9-13/h5-7,10,13H,1-4,8-9,11,16H2,(H,17,18). The van der Waals surface area contributed by atoms with Gasteiger partial charge in [-0.2, -0.15) is 0 Å². The van der Waals surface area contributed by atoms with Crippen LogP contribution in [0.1, 0.15) is 44.1 Å². The second-order valence-corrected chi connectivity index (χ2v) is 5.13. The average molecular weight is 246 g/mol. The van der Waals surface area contributed by atoms with E-state index in [1.165, 1.54) is 25.7 Å². The minimum Gasteiger partial charge on any atom is -0.398 e. The highest BCUT2D eigenvalue weighted by Crippen LogP contribution is 2.17. The molecule has 1 aromatic rings. The molecule has 3 nitrogen and oxygen atoms in total. The monoisotopic (exact) mass is 246 g/mol. The van der Waals surface area contributed by atoms with Gasteiger partial charge in [-0.25, -0.2) is 0 Å². The summed E-state index contributed by atoms with van der Waals surface area (Å²) in [6, 6.07) is 7.94. The predicted octanol–water partition coefficient (Wildman–Crippen LogP) is 2.65. The zero-order chi connectivity index (χ0) is 12.8.